The summed E-state index contributed by atoms with van der Waals surface area (Å²) in [5.41, 5.74) is 4.02. The number of fused-ring (bicyclic) bond motifs is 1. The van der Waals surface area contributed by atoms with Gasteiger partial charge in [-0.1, -0.05) is 77.5 Å². The fourth-order valence-corrected chi connectivity index (χ4v) is 4.88. The van der Waals surface area contributed by atoms with Crippen molar-refractivity contribution in [2.75, 3.05) is 0 Å². The van der Waals surface area contributed by atoms with Crippen LogP contribution in [0, 0.1) is 11.8 Å². The Bertz CT molecular complexity index is 1740. The number of benzene rings is 3. The van der Waals surface area contributed by atoms with E-state index in [9.17, 15) is 21.9 Å². The van der Waals surface area contributed by atoms with Crippen molar-refractivity contribution in [2.24, 2.45) is 0 Å². The highest BCUT2D eigenvalue weighted by atomic mass is 32.2. The van der Waals surface area contributed by atoms with Crippen molar-refractivity contribution in [1.82, 2.24) is 9.97 Å². The zero-order chi connectivity index (χ0) is 27.4. The quantitative estimate of drug-likeness (QED) is 0.184. The van der Waals surface area contributed by atoms with Gasteiger partial charge in [-0.2, -0.15) is 13.2 Å². The van der Waals surface area contributed by atoms with Crippen molar-refractivity contribution in [2.45, 2.75) is 18.3 Å². The SMILES string of the molecule is O=S([O-])Cc1cncc(C#Cc2cccc(-c3c(Cc4ccccc4)cnc4c(C(F)(F)F)cccc34)c2)c1. The Morgan fingerprint density at radius 2 is 1.59 bits per heavy atom. The van der Waals surface area contributed by atoms with Crippen LogP contribution in [0.4, 0.5) is 13.2 Å². The zero-order valence-electron chi connectivity index (χ0n) is 20.4. The van der Waals surface area contributed by atoms with Crippen molar-refractivity contribution >= 4 is 22.0 Å². The van der Waals surface area contributed by atoms with Crippen LogP contribution >= 0.6 is 0 Å². The number of hydrogen-bond acceptors (Lipinski definition) is 4. The number of aromatic nitrogens is 2. The van der Waals surface area contributed by atoms with Gasteiger partial charge in [0.25, 0.3) is 0 Å². The summed E-state index contributed by atoms with van der Waals surface area (Å²) in [6.07, 6.45) is 0.486. The molecule has 5 aromatic rings. The number of pyridine rings is 2. The standard InChI is InChI=1S/C31H21F3N2O2S/c32-31(33,34)28-11-5-10-27-29(26(19-36-30(27)28)16-21-6-2-1-3-7-21)25-9-4-8-22(15-25)12-13-23-14-24(18-35-17-23)20-39(37)38/h1-11,14-15,17-19H,16,20H2,(H,37,38)/p-1. The lowest BCUT2D eigenvalue weighted by atomic mass is 9.91. The van der Waals surface area contributed by atoms with Gasteiger partial charge in [-0.05, 0) is 58.5 Å². The molecule has 0 aliphatic carbocycles. The molecule has 5 rings (SSSR count). The molecule has 39 heavy (non-hydrogen) atoms. The maximum atomic E-state index is 13.8. The third kappa shape index (κ3) is 6.23. The Labute approximate surface area is 225 Å². The minimum atomic E-state index is -4.54. The maximum Gasteiger partial charge on any atom is 0.418 e. The molecule has 0 N–H and O–H groups in total. The smallest absolute Gasteiger partial charge is 0.418 e. The summed E-state index contributed by atoms with van der Waals surface area (Å²) >= 11 is -2.24. The fraction of sp³-hybridized carbons (Fsp3) is 0.0968. The van der Waals surface area contributed by atoms with Crippen LogP contribution in [-0.4, -0.2) is 18.7 Å². The summed E-state index contributed by atoms with van der Waals surface area (Å²) < 4.78 is 63.5. The summed E-state index contributed by atoms with van der Waals surface area (Å²) in [5, 5.41) is 0.408. The third-order valence-electron chi connectivity index (χ3n) is 6.10. The molecule has 0 radical (unpaired) electrons. The maximum absolute atomic E-state index is 13.8. The largest absolute Gasteiger partial charge is 0.772 e. The highest BCUT2D eigenvalue weighted by molar-refractivity contribution is 7.78. The average molecular weight is 542 g/mol. The molecule has 1 unspecified atom stereocenters. The van der Waals surface area contributed by atoms with Crippen LogP contribution in [0.5, 0.6) is 0 Å². The normalized spacial score (nSPS) is 12.1. The molecule has 0 bridgehead atoms. The predicted molar refractivity (Wildman–Crippen MR) is 144 cm³/mol. The van der Waals surface area contributed by atoms with Gasteiger partial charge in [0.2, 0.25) is 0 Å². The van der Waals surface area contributed by atoms with E-state index < -0.39 is 22.8 Å². The molecule has 8 heteroatoms. The molecular formula is C31H20F3N2O2S-. The van der Waals surface area contributed by atoms with Crippen LogP contribution in [0.15, 0.2) is 97.5 Å². The monoisotopic (exact) mass is 541 g/mol. The predicted octanol–water partition coefficient (Wildman–Crippen LogP) is 6.69. The van der Waals surface area contributed by atoms with E-state index in [2.05, 4.69) is 21.8 Å². The lowest BCUT2D eigenvalue weighted by Crippen LogP contribution is -2.07. The first-order chi connectivity index (χ1) is 18.8. The molecule has 0 fully saturated rings. The van der Waals surface area contributed by atoms with Gasteiger partial charge in [0.05, 0.1) is 11.1 Å². The van der Waals surface area contributed by atoms with Crippen LogP contribution in [0.2, 0.25) is 0 Å². The van der Waals surface area contributed by atoms with Gasteiger partial charge in [-0.25, -0.2) is 0 Å². The Balaban J connectivity index is 1.62. The van der Waals surface area contributed by atoms with E-state index in [0.717, 1.165) is 17.2 Å². The van der Waals surface area contributed by atoms with E-state index in [1.165, 1.54) is 18.5 Å². The van der Waals surface area contributed by atoms with Crippen molar-refractivity contribution in [3.63, 3.8) is 0 Å². The highest BCUT2D eigenvalue weighted by Gasteiger charge is 2.33. The van der Waals surface area contributed by atoms with E-state index in [4.69, 9.17) is 0 Å². The van der Waals surface area contributed by atoms with Crippen LogP contribution in [-0.2, 0) is 29.4 Å². The van der Waals surface area contributed by atoms with Gasteiger partial charge in [0.1, 0.15) is 0 Å². The number of nitrogens with zero attached hydrogens (tertiary/aromatic N) is 2. The number of alkyl halides is 3. The Morgan fingerprint density at radius 3 is 2.36 bits per heavy atom. The van der Waals surface area contributed by atoms with Crippen molar-refractivity contribution in [3.05, 3.63) is 131 Å². The number of para-hydroxylation sites is 1. The second-order valence-electron chi connectivity index (χ2n) is 8.88. The number of rotatable bonds is 5. The molecule has 1 atom stereocenters. The molecule has 4 nitrogen and oxygen atoms in total. The summed E-state index contributed by atoms with van der Waals surface area (Å²) in [6.45, 7) is 0. The molecule has 194 valence electrons. The minimum absolute atomic E-state index is 0.105. The van der Waals surface area contributed by atoms with Crippen LogP contribution in [0.3, 0.4) is 0 Å². The summed E-state index contributed by atoms with van der Waals surface area (Å²) in [5.74, 6) is 5.91. The first kappa shape index (κ1) is 26.3. The van der Waals surface area contributed by atoms with E-state index in [1.807, 2.05) is 48.5 Å². The van der Waals surface area contributed by atoms with Gasteiger partial charge in [0, 0.05) is 40.9 Å². The Hall–Kier alpha value is -4.32. The van der Waals surface area contributed by atoms with Crippen LogP contribution in [0.1, 0.15) is 33.4 Å². The molecule has 0 saturated carbocycles. The van der Waals surface area contributed by atoms with Crippen molar-refractivity contribution < 1.29 is 21.9 Å². The van der Waals surface area contributed by atoms with E-state index in [-0.39, 0.29) is 11.3 Å². The number of halogens is 3. The fourth-order valence-electron chi connectivity index (χ4n) is 4.45. The van der Waals surface area contributed by atoms with Gasteiger partial charge in [-0.15, -0.1) is 0 Å². The van der Waals surface area contributed by atoms with E-state index in [0.29, 0.717) is 39.6 Å². The van der Waals surface area contributed by atoms with Gasteiger partial charge in [0.15, 0.2) is 0 Å². The minimum Gasteiger partial charge on any atom is -0.772 e. The van der Waals surface area contributed by atoms with Crippen molar-refractivity contribution in [1.29, 1.82) is 0 Å². The highest BCUT2D eigenvalue weighted by Crippen LogP contribution is 2.39. The second-order valence-corrected chi connectivity index (χ2v) is 9.78. The summed E-state index contributed by atoms with van der Waals surface area (Å²) in [4.78, 5) is 8.31. The van der Waals surface area contributed by atoms with Crippen LogP contribution < -0.4 is 0 Å². The molecule has 2 heterocycles. The molecule has 0 aliphatic rings. The molecule has 0 saturated heterocycles. The number of hydrogen-bond donors (Lipinski definition) is 0. The molecule has 3 aromatic carbocycles. The van der Waals surface area contributed by atoms with Gasteiger partial charge < -0.3 is 4.55 Å². The molecule has 0 amide bonds. The molecular weight excluding hydrogens is 521 g/mol. The topological polar surface area (TPSA) is 65.9 Å². The molecule has 0 spiro atoms. The third-order valence-corrected chi connectivity index (χ3v) is 6.67. The zero-order valence-corrected chi connectivity index (χ0v) is 21.2. The molecule has 2 aromatic heterocycles. The van der Waals surface area contributed by atoms with E-state index in [1.54, 1.807) is 24.4 Å². The first-order valence-corrected chi connectivity index (χ1v) is 13.2. The summed E-state index contributed by atoms with van der Waals surface area (Å²) in [6, 6.07) is 22.7. The first-order valence-electron chi connectivity index (χ1n) is 11.9. The van der Waals surface area contributed by atoms with Gasteiger partial charge >= 0.3 is 6.18 Å². The summed E-state index contributed by atoms with van der Waals surface area (Å²) in [7, 11) is 0. The molecule has 0 aliphatic heterocycles. The average Bonchev–Trinajstić information content (AvgIpc) is 2.91. The van der Waals surface area contributed by atoms with Crippen LogP contribution in [0.25, 0.3) is 22.0 Å². The van der Waals surface area contributed by atoms with E-state index >= 15 is 0 Å². The van der Waals surface area contributed by atoms with Gasteiger partial charge in [-0.3, -0.25) is 14.2 Å². The Kier molecular flexibility index (Phi) is 7.55. The lowest BCUT2D eigenvalue weighted by Gasteiger charge is -2.16. The van der Waals surface area contributed by atoms with Crippen molar-refractivity contribution in [3.8, 4) is 23.0 Å². The lowest BCUT2D eigenvalue weighted by molar-refractivity contribution is -0.136. The Morgan fingerprint density at radius 1 is 0.821 bits per heavy atom. The second kappa shape index (κ2) is 11.2.